The molecule has 2 heteroatoms. The van der Waals surface area contributed by atoms with Crippen LogP contribution in [0.15, 0.2) is 48.5 Å². The van der Waals surface area contributed by atoms with Crippen LogP contribution in [0.5, 0.6) is 0 Å². The van der Waals surface area contributed by atoms with Gasteiger partial charge in [0, 0.05) is 9.75 Å². The monoisotopic (exact) mass is 267 g/mol. The van der Waals surface area contributed by atoms with Gasteiger partial charge in [0.1, 0.15) is 0 Å². The summed E-state index contributed by atoms with van der Waals surface area (Å²) in [6, 6.07) is 17.1. The van der Waals surface area contributed by atoms with Crippen LogP contribution in [0.2, 0.25) is 0 Å². The smallest absolute Gasteiger partial charge is 0.0649 e. The molecule has 2 N–H and O–H groups in total. The minimum atomic E-state index is -0.0247. The van der Waals surface area contributed by atoms with Crippen molar-refractivity contribution in [3.8, 4) is 0 Å². The number of hydrogen-bond donors (Lipinski definition) is 1. The average Bonchev–Trinajstić information content (AvgIpc) is 2.76. The Morgan fingerprint density at radius 3 is 2.37 bits per heavy atom. The van der Waals surface area contributed by atoms with Gasteiger partial charge in [0.15, 0.2) is 0 Å². The van der Waals surface area contributed by atoms with Gasteiger partial charge in [-0.2, -0.15) is 0 Å². The first kappa shape index (κ1) is 12.4. The standard InChI is InChI=1S/C17H17NS/c1-11-9-12(2)19-17(11)16(18)15-8-7-13-5-3-4-6-14(13)10-15/h3-10,16H,18H2,1-2H3. The van der Waals surface area contributed by atoms with Crippen LogP contribution in [0.4, 0.5) is 0 Å². The first-order chi connectivity index (χ1) is 9.15. The summed E-state index contributed by atoms with van der Waals surface area (Å²) in [6.07, 6.45) is 0. The summed E-state index contributed by atoms with van der Waals surface area (Å²) in [4.78, 5) is 2.59. The number of benzene rings is 2. The summed E-state index contributed by atoms with van der Waals surface area (Å²) in [7, 11) is 0. The first-order valence-electron chi connectivity index (χ1n) is 6.46. The zero-order valence-corrected chi connectivity index (χ0v) is 12.0. The fraction of sp³-hybridized carbons (Fsp3) is 0.176. The van der Waals surface area contributed by atoms with E-state index in [1.807, 2.05) is 0 Å². The molecule has 0 aliphatic rings. The van der Waals surface area contributed by atoms with Gasteiger partial charge in [-0.25, -0.2) is 0 Å². The Hall–Kier alpha value is -1.64. The highest BCUT2D eigenvalue weighted by Crippen LogP contribution is 2.31. The van der Waals surface area contributed by atoms with Crippen LogP contribution in [0, 0.1) is 13.8 Å². The third kappa shape index (κ3) is 2.29. The maximum Gasteiger partial charge on any atom is 0.0649 e. The van der Waals surface area contributed by atoms with Crippen molar-refractivity contribution in [3.63, 3.8) is 0 Å². The quantitative estimate of drug-likeness (QED) is 0.723. The Bertz CT molecular complexity index is 727. The molecule has 1 heterocycles. The average molecular weight is 267 g/mol. The second-order valence-corrected chi connectivity index (χ2v) is 6.28. The lowest BCUT2D eigenvalue weighted by Crippen LogP contribution is -2.11. The van der Waals surface area contributed by atoms with Crippen LogP contribution in [0.3, 0.4) is 0 Å². The van der Waals surface area contributed by atoms with Crippen molar-refractivity contribution in [1.82, 2.24) is 0 Å². The highest BCUT2D eigenvalue weighted by atomic mass is 32.1. The van der Waals surface area contributed by atoms with Crippen molar-refractivity contribution < 1.29 is 0 Å². The van der Waals surface area contributed by atoms with Gasteiger partial charge in [-0.05, 0) is 47.9 Å². The molecule has 1 unspecified atom stereocenters. The van der Waals surface area contributed by atoms with Crippen molar-refractivity contribution in [1.29, 1.82) is 0 Å². The Labute approximate surface area is 117 Å². The molecular formula is C17H17NS. The van der Waals surface area contributed by atoms with Gasteiger partial charge in [-0.3, -0.25) is 0 Å². The predicted octanol–water partition coefficient (Wildman–Crippen LogP) is 4.57. The van der Waals surface area contributed by atoms with E-state index in [-0.39, 0.29) is 6.04 Å². The van der Waals surface area contributed by atoms with Crippen molar-refractivity contribution in [2.45, 2.75) is 19.9 Å². The number of nitrogens with two attached hydrogens (primary N) is 1. The summed E-state index contributed by atoms with van der Waals surface area (Å²) >= 11 is 1.80. The number of thiophene rings is 1. The highest BCUT2D eigenvalue weighted by Gasteiger charge is 2.14. The molecule has 0 bridgehead atoms. The molecule has 3 rings (SSSR count). The molecule has 0 saturated heterocycles. The van der Waals surface area contributed by atoms with E-state index in [2.05, 4.69) is 62.4 Å². The molecule has 0 aliphatic carbocycles. The van der Waals surface area contributed by atoms with Crippen LogP contribution >= 0.6 is 11.3 Å². The van der Waals surface area contributed by atoms with Gasteiger partial charge in [-0.15, -0.1) is 11.3 Å². The molecule has 19 heavy (non-hydrogen) atoms. The molecule has 3 aromatic rings. The fourth-order valence-corrected chi connectivity index (χ4v) is 3.59. The topological polar surface area (TPSA) is 26.0 Å². The Kier molecular flexibility index (Phi) is 3.13. The van der Waals surface area contributed by atoms with Gasteiger partial charge in [-0.1, -0.05) is 36.4 Å². The minimum absolute atomic E-state index is 0.0247. The van der Waals surface area contributed by atoms with Crippen molar-refractivity contribution in [2.75, 3.05) is 0 Å². The van der Waals surface area contributed by atoms with Crippen molar-refractivity contribution in [2.24, 2.45) is 5.73 Å². The maximum absolute atomic E-state index is 6.43. The predicted molar refractivity (Wildman–Crippen MR) is 83.8 cm³/mol. The Morgan fingerprint density at radius 2 is 1.68 bits per heavy atom. The van der Waals surface area contributed by atoms with E-state index in [0.29, 0.717) is 0 Å². The molecule has 1 nitrogen and oxygen atoms in total. The molecule has 0 spiro atoms. The fourth-order valence-electron chi connectivity index (χ4n) is 2.52. The van der Waals surface area contributed by atoms with Gasteiger partial charge in [0.2, 0.25) is 0 Å². The highest BCUT2D eigenvalue weighted by molar-refractivity contribution is 7.12. The normalized spacial score (nSPS) is 12.8. The maximum atomic E-state index is 6.43. The largest absolute Gasteiger partial charge is 0.320 e. The molecule has 0 amide bonds. The van der Waals surface area contributed by atoms with Crippen LogP contribution in [0.1, 0.15) is 26.9 Å². The first-order valence-corrected chi connectivity index (χ1v) is 7.28. The zero-order chi connectivity index (χ0) is 13.4. The van der Waals surface area contributed by atoms with E-state index >= 15 is 0 Å². The minimum Gasteiger partial charge on any atom is -0.320 e. The van der Waals surface area contributed by atoms with E-state index in [1.165, 1.54) is 31.7 Å². The van der Waals surface area contributed by atoms with E-state index < -0.39 is 0 Å². The van der Waals surface area contributed by atoms with Gasteiger partial charge >= 0.3 is 0 Å². The summed E-state index contributed by atoms with van der Waals surface area (Å²) in [5, 5.41) is 2.51. The second kappa shape index (κ2) is 4.80. The van der Waals surface area contributed by atoms with Crippen LogP contribution in [-0.4, -0.2) is 0 Å². The molecule has 0 aliphatic heterocycles. The molecule has 1 aromatic heterocycles. The SMILES string of the molecule is Cc1cc(C)c(C(N)c2ccc3ccccc3c2)s1. The number of aryl methyl sites for hydroxylation is 2. The third-order valence-corrected chi connectivity index (χ3v) is 4.73. The van der Waals surface area contributed by atoms with E-state index in [1.54, 1.807) is 11.3 Å². The lowest BCUT2D eigenvalue weighted by atomic mass is 10.00. The summed E-state index contributed by atoms with van der Waals surface area (Å²) < 4.78 is 0. The van der Waals surface area contributed by atoms with Crippen LogP contribution in [0.25, 0.3) is 10.8 Å². The Balaban J connectivity index is 2.06. The lowest BCUT2D eigenvalue weighted by Gasteiger charge is -2.12. The summed E-state index contributed by atoms with van der Waals surface area (Å²) in [6.45, 7) is 4.27. The van der Waals surface area contributed by atoms with Crippen LogP contribution < -0.4 is 5.73 Å². The third-order valence-electron chi connectivity index (χ3n) is 3.49. The van der Waals surface area contributed by atoms with E-state index in [0.717, 1.165) is 0 Å². The van der Waals surface area contributed by atoms with Crippen molar-refractivity contribution >= 4 is 22.1 Å². The second-order valence-electron chi connectivity index (χ2n) is 4.99. The molecule has 0 radical (unpaired) electrons. The lowest BCUT2D eigenvalue weighted by molar-refractivity contribution is 0.887. The van der Waals surface area contributed by atoms with Crippen molar-refractivity contribution in [3.05, 3.63) is 69.4 Å². The zero-order valence-electron chi connectivity index (χ0n) is 11.2. The van der Waals surface area contributed by atoms with E-state index in [4.69, 9.17) is 5.73 Å². The number of rotatable bonds is 2. The summed E-state index contributed by atoms with van der Waals surface area (Å²) in [5.41, 5.74) is 8.91. The molecule has 96 valence electrons. The molecule has 0 saturated carbocycles. The van der Waals surface area contributed by atoms with E-state index in [9.17, 15) is 0 Å². The number of hydrogen-bond acceptors (Lipinski definition) is 2. The molecular weight excluding hydrogens is 250 g/mol. The number of fused-ring (bicyclic) bond motifs is 1. The van der Waals surface area contributed by atoms with Gasteiger partial charge in [0.25, 0.3) is 0 Å². The van der Waals surface area contributed by atoms with Gasteiger partial charge in [0.05, 0.1) is 6.04 Å². The Morgan fingerprint density at radius 1 is 0.947 bits per heavy atom. The molecule has 0 fully saturated rings. The summed E-state index contributed by atoms with van der Waals surface area (Å²) in [5.74, 6) is 0. The molecule has 1 atom stereocenters. The van der Waals surface area contributed by atoms with Gasteiger partial charge < -0.3 is 5.73 Å². The van der Waals surface area contributed by atoms with Crippen LogP contribution in [-0.2, 0) is 0 Å². The molecule has 2 aromatic carbocycles.